The summed E-state index contributed by atoms with van der Waals surface area (Å²) >= 11 is 0. The van der Waals surface area contributed by atoms with Crippen LogP contribution in [-0.4, -0.2) is 11.7 Å². The molecule has 0 radical (unpaired) electrons. The van der Waals surface area contributed by atoms with Crippen molar-refractivity contribution in [2.24, 2.45) is 7.05 Å². The van der Waals surface area contributed by atoms with Crippen molar-refractivity contribution in [2.75, 3.05) is 7.11 Å². The summed E-state index contributed by atoms with van der Waals surface area (Å²) in [4.78, 5) is 0. The van der Waals surface area contributed by atoms with Gasteiger partial charge >= 0.3 is 0 Å². The molecule has 2 aliphatic carbocycles. The summed E-state index contributed by atoms with van der Waals surface area (Å²) in [7, 11) is 4.00. The van der Waals surface area contributed by atoms with Crippen molar-refractivity contribution in [2.45, 2.75) is 43.9 Å². The number of nitrogens with zero attached hydrogens (tertiary/aromatic N) is 1. The molecule has 1 aromatic heterocycles. The van der Waals surface area contributed by atoms with Gasteiger partial charge in [-0.2, -0.15) is 0 Å². The van der Waals surface area contributed by atoms with Crippen LogP contribution < -0.4 is 4.74 Å². The van der Waals surface area contributed by atoms with Crippen molar-refractivity contribution in [3.63, 3.8) is 0 Å². The van der Waals surface area contributed by atoms with Crippen LogP contribution in [0.2, 0.25) is 0 Å². The van der Waals surface area contributed by atoms with Gasteiger partial charge in [-0.3, -0.25) is 0 Å². The second-order valence-corrected chi connectivity index (χ2v) is 6.48. The molecular formula is C19H23NO. The molecule has 0 unspecified atom stereocenters. The average molecular weight is 281 g/mol. The fourth-order valence-electron chi connectivity index (χ4n) is 4.24. The van der Waals surface area contributed by atoms with Gasteiger partial charge in [0.05, 0.1) is 7.11 Å². The fraction of sp³-hybridized carbons (Fsp3) is 0.474. The van der Waals surface area contributed by atoms with Crippen molar-refractivity contribution in [3.05, 3.63) is 52.7 Å². The van der Waals surface area contributed by atoms with Crippen LogP contribution in [0.25, 0.3) is 0 Å². The van der Waals surface area contributed by atoms with Crippen molar-refractivity contribution < 1.29 is 4.74 Å². The molecule has 0 N–H and O–H groups in total. The quantitative estimate of drug-likeness (QED) is 0.823. The number of methoxy groups -OCH3 is 1. The first-order chi connectivity index (χ1) is 10.3. The molecule has 1 fully saturated rings. The predicted octanol–water partition coefficient (Wildman–Crippen LogP) is 4.18. The lowest BCUT2D eigenvalue weighted by molar-refractivity contribution is 0.374. The summed E-state index contributed by atoms with van der Waals surface area (Å²) < 4.78 is 8.04. The van der Waals surface area contributed by atoms with Gasteiger partial charge in [-0.1, -0.05) is 30.3 Å². The Morgan fingerprint density at radius 1 is 1.00 bits per heavy atom. The van der Waals surface area contributed by atoms with Crippen LogP contribution in [0.4, 0.5) is 0 Å². The van der Waals surface area contributed by atoms with Crippen LogP contribution in [-0.2, 0) is 19.9 Å². The Balaban J connectivity index is 1.72. The number of ether oxygens (including phenoxy) is 1. The number of rotatable bonds is 3. The fourth-order valence-corrected chi connectivity index (χ4v) is 4.24. The molecule has 0 saturated heterocycles. The van der Waals surface area contributed by atoms with Crippen LogP contribution in [0, 0.1) is 0 Å². The van der Waals surface area contributed by atoms with E-state index in [1.807, 2.05) is 7.11 Å². The third-order valence-electron chi connectivity index (χ3n) is 5.26. The average Bonchev–Trinajstić information content (AvgIpc) is 3.25. The minimum atomic E-state index is 0.688. The van der Waals surface area contributed by atoms with E-state index < -0.39 is 0 Å². The third-order valence-corrected chi connectivity index (χ3v) is 5.26. The molecule has 1 saturated carbocycles. The highest BCUT2D eigenvalue weighted by Crippen LogP contribution is 2.57. The molecule has 1 heterocycles. The SMILES string of the molecule is COc1c2c(c([C@@H]3C[C@@H]3c3ccccc3)n1C)CCCC2. The molecular weight excluding hydrogens is 258 g/mol. The van der Waals surface area contributed by atoms with Gasteiger partial charge in [-0.15, -0.1) is 0 Å². The Kier molecular flexibility index (Phi) is 3.06. The number of hydrogen-bond donors (Lipinski definition) is 0. The highest BCUT2D eigenvalue weighted by atomic mass is 16.5. The number of aromatic nitrogens is 1. The first kappa shape index (κ1) is 13.0. The summed E-state index contributed by atoms with van der Waals surface area (Å²) in [5.41, 5.74) is 6.13. The second kappa shape index (κ2) is 4.94. The van der Waals surface area contributed by atoms with Crippen molar-refractivity contribution >= 4 is 0 Å². The van der Waals surface area contributed by atoms with E-state index in [0.29, 0.717) is 11.8 Å². The predicted molar refractivity (Wildman–Crippen MR) is 85.1 cm³/mol. The van der Waals surface area contributed by atoms with E-state index in [-0.39, 0.29) is 0 Å². The zero-order valence-electron chi connectivity index (χ0n) is 12.9. The molecule has 110 valence electrons. The first-order valence-electron chi connectivity index (χ1n) is 8.10. The van der Waals surface area contributed by atoms with Gasteiger partial charge in [-0.05, 0) is 49.1 Å². The van der Waals surface area contributed by atoms with Gasteiger partial charge in [0.2, 0.25) is 0 Å². The smallest absolute Gasteiger partial charge is 0.196 e. The van der Waals surface area contributed by atoms with E-state index in [9.17, 15) is 0 Å². The summed E-state index contributed by atoms with van der Waals surface area (Å²) in [6.45, 7) is 0. The number of benzene rings is 1. The Bertz CT molecular complexity index is 656. The van der Waals surface area contributed by atoms with Crippen molar-refractivity contribution in [3.8, 4) is 5.88 Å². The third kappa shape index (κ3) is 2.00. The topological polar surface area (TPSA) is 14.2 Å². The van der Waals surface area contributed by atoms with Crippen LogP contribution in [0.15, 0.2) is 30.3 Å². The maximum atomic E-state index is 5.71. The molecule has 0 aliphatic heterocycles. The summed E-state index contributed by atoms with van der Waals surface area (Å²) in [6.07, 6.45) is 6.35. The van der Waals surface area contributed by atoms with Crippen molar-refractivity contribution in [1.29, 1.82) is 0 Å². The lowest BCUT2D eigenvalue weighted by Gasteiger charge is -2.13. The summed E-state index contributed by atoms with van der Waals surface area (Å²) in [5, 5.41) is 0. The molecule has 0 bridgehead atoms. The van der Waals surface area contributed by atoms with Gasteiger partial charge in [0, 0.05) is 24.2 Å². The number of hydrogen-bond acceptors (Lipinski definition) is 1. The van der Waals surface area contributed by atoms with E-state index >= 15 is 0 Å². The lowest BCUT2D eigenvalue weighted by atomic mass is 9.92. The standard InChI is InChI=1S/C19H23NO/c1-20-18(14-10-6-7-11-15(14)19(20)21-2)17-12-16(17)13-8-4-3-5-9-13/h3-5,8-9,16-17H,6-7,10-12H2,1-2H3/t16-,17-/m1/s1. The lowest BCUT2D eigenvalue weighted by Crippen LogP contribution is -2.03. The summed E-state index contributed by atoms with van der Waals surface area (Å²) in [6, 6.07) is 11.0. The molecule has 2 aliphatic rings. The normalized spacial score (nSPS) is 23.7. The first-order valence-corrected chi connectivity index (χ1v) is 8.10. The Labute approximate surface area is 126 Å². The zero-order chi connectivity index (χ0) is 14.4. The molecule has 2 aromatic rings. The molecule has 21 heavy (non-hydrogen) atoms. The largest absolute Gasteiger partial charge is 0.482 e. The zero-order valence-corrected chi connectivity index (χ0v) is 12.9. The van der Waals surface area contributed by atoms with Gasteiger partial charge < -0.3 is 9.30 Å². The Morgan fingerprint density at radius 3 is 2.43 bits per heavy atom. The Hall–Kier alpha value is -1.70. The van der Waals surface area contributed by atoms with Crippen LogP contribution in [0.1, 0.15) is 53.5 Å². The highest BCUT2D eigenvalue weighted by Gasteiger charge is 2.43. The molecule has 0 spiro atoms. The maximum Gasteiger partial charge on any atom is 0.196 e. The van der Waals surface area contributed by atoms with E-state index in [1.165, 1.54) is 43.2 Å². The summed E-state index contributed by atoms with van der Waals surface area (Å²) in [5.74, 6) is 2.50. The van der Waals surface area contributed by atoms with Crippen LogP contribution in [0.3, 0.4) is 0 Å². The molecule has 2 heteroatoms. The molecule has 0 amide bonds. The van der Waals surface area contributed by atoms with Crippen LogP contribution >= 0.6 is 0 Å². The van der Waals surface area contributed by atoms with E-state index in [4.69, 9.17) is 4.74 Å². The Morgan fingerprint density at radius 2 is 1.71 bits per heavy atom. The highest BCUT2D eigenvalue weighted by molar-refractivity contribution is 5.49. The van der Waals surface area contributed by atoms with Crippen molar-refractivity contribution in [1.82, 2.24) is 4.57 Å². The van der Waals surface area contributed by atoms with Gasteiger partial charge in [0.1, 0.15) is 0 Å². The monoisotopic (exact) mass is 281 g/mol. The maximum absolute atomic E-state index is 5.71. The van der Waals surface area contributed by atoms with E-state index in [1.54, 1.807) is 11.3 Å². The van der Waals surface area contributed by atoms with Gasteiger partial charge in [-0.25, -0.2) is 0 Å². The number of fused-ring (bicyclic) bond motifs is 1. The molecule has 1 aromatic carbocycles. The van der Waals surface area contributed by atoms with Crippen LogP contribution in [0.5, 0.6) is 5.88 Å². The van der Waals surface area contributed by atoms with E-state index in [2.05, 4.69) is 41.9 Å². The molecule has 2 atom stereocenters. The molecule has 2 nitrogen and oxygen atoms in total. The minimum absolute atomic E-state index is 0.688. The van der Waals surface area contributed by atoms with Gasteiger partial charge in [0.15, 0.2) is 5.88 Å². The minimum Gasteiger partial charge on any atom is -0.482 e. The second-order valence-electron chi connectivity index (χ2n) is 6.48. The van der Waals surface area contributed by atoms with Gasteiger partial charge in [0.25, 0.3) is 0 Å². The van der Waals surface area contributed by atoms with E-state index in [0.717, 1.165) is 5.88 Å². The molecule has 4 rings (SSSR count).